The first kappa shape index (κ1) is 9.41. The molecule has 1 aliphatic carbocycles. The smallest absolute Gasteiger partial charge is 0.211 e. The molecule has 0 aromatic carbocycles. The number of ether oxygens (including phenoxy) is 1. The van der Waals surface area contributed by atoms with E-state index in [0.717, 1.165) is 6.54 Å². The number of morpholine rings is 1. The van der Waals surface area contributed by atoms with Gasteiger partial charge in [0.25, 0.3) is 0 Å². The second kappa shape index (κ2) is 4.38. The van der Waals surface area contributed by atoms with E-state index in [1.54, 1.807) is 0 Å². The zero-order valence-corrected chi connectivity index (χ0v) is 8.04. The molecule has 1 aliphatic heterocycles. The molecule has 0 spiro atoms. The Labute approximate surface area is 79.1 Å². The van der Waals surface area contributed by atoms with Crippen molar-refractivity contribution in [1.29, 1.82) is 0 Å². The van der Waals surface area contributed by atoms with Crippen LogP contribution in [-0.4, -0.2) is 37.0 Å². The predicted molar refractivity (Wildman–Crippen MR) is 49.3 cm³/mol. The van der Waals surface area contributed by atoms with Crippen molar-refractivity contribution in [3.63, 3.8) is 0 Å². The van der Waals surface area contributed by atoms with Crippen molar-refractivity contribution in [2.24, 2.45) is 0 Å². The van der Waals surface area contributed by atoms with E-state index in [4.69, 9.17) is 4.74 Å². The molecule has 0 amide bonds. The fourth-order valence-corrected chi connectivity index (χ4v) is 2.40. The molecule has 1 saturated carbocycles. The van der Waals surface area contributed by atoms with Gasteiger partial charge in [-0.2, -0.15) is 0 Å². The van der Waals surface area contributed by atoms with Crippen molar-refractivity contribution in [3.8, 4) is 0 Å². The molecule has 1 atom stereocenters. The molecule has 2 nitrogen and oxygen atoms in total. The summed E-state index contributed by atoms with van der Waals surface area (Å²) < 4.78 is 17.8. The molecule has 2 fully saturated rings. The largest absolute Gasteiger partial charge is 0.346 e. The van der Waals surface area contributed by atoms with Gasteiger partial charge in [-0.1, -0.05) is 19.3 Å². The molecular weight excluding hydrogens is 169 g/mol. The lowest BCUT2D eigenvalue weighted by Crippen LogP contribution is -2.47. The SMILES string of the molecule is FC1CN(C2CCCCC2)CCO1. The number of nitrogens with zero attached hydrogens (tertiary/aromatic N) is 1. The van der Waals surface area contributed by atoms with E-state index in [-0.39, 0.29) is 0 Å². The minimum absolute atomic E-state index is 0.491. The van der Waals surface area contributed by atoms with E-state index < -0.39 is 6.36 Å². The summed E-state index contributed by atoms with van der Waals surface area (Å²) in [6.07, 6.45) is 5.47. The maximum absolute atomic E-state index is 12.9. The molecule has 76 valence electrons. The highest BCUT2D eigenvalue weighted by Gasteiger charge is 2.26. The standard InChI is InChI=1S/C10H18FNO/c11-10-8-12(6-7-13-10)9-4-2-1-3-5-9/h9-10H,1-8H2. The van der Waals surface area contributed by atoms with Gasteiger partial charge >= 0.3 is 0 Å². The van der Waals surface area contributed by atoms with E-state index in [1.807, 2.05) is 0 Å². The summed E-state index contributed by atoms with van der Waals surface area (Å²) >= 11 is 0. The minimum Gasteiger partial charge on any atom is -0.346 e. The Balaban J connectivity index is 1.83. The second-order valence-corrected chi connectivity index (χ2v) is 4.07. The van der Waals surface area contributed by atoms with Gasteiger partial charge in [0.1, 0.15) is 0 Å². The zero-order valence-electron chi connectivity index (χ0n) is 8.04. The quantitative estimate of drug-likeness (QED) is 0.622. The molecule has 0 radical (unpaired) electrons. The van der Waals surface area contributed by atoms with Crippen LogP contribution in [-0.2, 0) is 4.74 Å². The van der Waals surface area contributed by atoms with Gasteiger partial charge in [-0.15, -0.1) is 0 Å². The van der Waals surface area contributed by atoms with Crippen molar-refractivity contribution >= 4 is 0 Å². The first-order chi connectivity index (χ1) is 6.36. The first-order valence-electron chi connectivity index (χ1n) is 5.36. The second-order valence-electron chi connectivity index (χ2n) is 4.07. The number of hydrogen-bond acceptors (Lipinski definition) is 2. The third kappa shape index (κ3) is 2.41. The van der Waals surface area contributed by atoms with Gasteiger partial charge < -0.3 is 4.74 Å². The third-order valence-corrected chi connectivity index (χ3v) is 3.15. The molecule has 1 unspecified atom stereocenters. The molecule has 0 bridgehead atoms. The fourth-order valence-electron chi connectivity index (χ4n) is 2.40. The highest BCUT2D eigenvalue weighted by molar-refractivity contribution is 4.78. The first-order valence-corrected chi connectivity index (χ1v) is 5.36. The fraction of sp³-hybridized carbons (Fsp3) is 1.00. The topological polar surface area (TPSA) is 12.5 Å². The summed E-state index contributed by atoms with van der Waals surface area (Å²) in [7, 11) is 0. The summed E-state index contributed by atoms with van der Waals surface area (Å²) in [6.45, 7) is 1.98. The summed E-state index contributed by atoms with van der Waals surface area (Å²) in [5, 5.41) is 0. The van der Waals surface area contributed by atoms with Gasteiger partial charge in [0, 0.05) is 12.6 Å². The molecule has 0 aromatic rings. The van der Waals surface area contributed by atoms with E-state index in [0.29, 0.717) is 19.2 Å². The molecular formula is C10H18FNO. The highest BCUT2D eigenvalue weighted by Crippen LogP contribution is 2.24. The summed E-state index contributed by atoms with van der Waals surface area (Å²) in [5.74, 6) is 0. The van der Waals surface area contributed by atoms with Crippen molar-refractivity contribution in [2.45, 2.75) is 44.5 Å². The van der Waals surface area contributed by atoms with Crippen molar-refractivity contribution in [2.75, 3.05) is 19.7 Å². The van der Waals surface area contributed by atoms with Crippen molar-refractivity contribution in [1.82, 2.24) is 4.90 Å². The van der Waals surface area contributed by atoms with Gasteiger partial charge in [0.15, 0.2) is 0 Å². The third-order valence-electron chi connectivity index (χ3n) is 3.15. The van der Waals surface area contributed by atoms with E-state index in [1.165, 1.54) is 32.1 Å². The van der Waals surface area contributed by atoms with Crippen LogP contribution in [0.3, 0.4) is 0 Å². The molecule has 3 heteroatoms. The molecule has 2 aliphatic rings. The van der Waals surface area contributed by atoms with Crippen LogP contribution in [0.4, 0.5) is 4.39 Å². The summed E-state index contributed by atoms with van der Waals surface area (Å²) in [6, 6.07) is 0.635. The lowest BCUT2D eigenvalue weighted by molar-refractivity contribution is -0.110. The maximum atomic E-state index is 12.9. The Morgan fingerprint density at radius 3 is 2.62 bits per heavy atom. The Kier molecular flexibility index (Phi) is 3.17. The van der Waals surface area contributed by atoms with Crippen LogP contribution < -0.4 is 0 Å². The Morgan fingerprint density at radius 1 is 1.15 bits per heavy atom. The average molecular weight is 187 g/mol. The molecule has 1 saturated heterocycles. The molecule has 2 rings (SSSR count). The van der Waals surface area contributed by atoms with Gasteiger partial charge in [-0.3, -0.25) is 4.90 Å². The van der Waals surface area contributed by atoms with E-state index in [2.05, 4.69) is 4.90 Å². The number of alkyl halides is 1. The zero-order chi connectivity index (χ0) is 9.10. The normalized spacial score (nSPS) is 33.5. The Morgan fingerprint density at radius 2 is 1.92 bits per heavy atom. The summed E-state index contributed by atoms with van der Waals surface area (Å²) in [5.41, 5.74) is 0. The lowest BCUT2D eigenvalue weighted by atomic mass is 9.94. The maximum Gasteiger partial charge on any atom is 0.211 e. The number of halogens is 1. The average Bonchev–Trinajstić information content (AvgIpc) is 2.19. The lowest BCUT2D eigenvalue weighted by Gasteiger charge is -2.37. The molecule has 0 aromatic heterocycles. The van der Waals surface area contributed by atoms with Gasteiger partial charge in [-0.25, -0.2) is 4.39 Å². The minimum atomic E-state index is -1.05. The predicted octanol–water partition coefficient (Wildman–Crippen LogP) is 1.95. The van der Waals surface area contributed by atoms with Crippen LogP contribution >= 0.6 is 0 Å². The van der Waals surface area contributed by atoms with Gasteiger partial charge in [0.05, 0.1) is 13.2 Å². The van der Waals surface area contributed by atoms with Crippen LogP contribution in [0, 0.1) is 0 Å². The molecule has 13 heavy (non-hydrogen) atoms. The van der Waals surface area contributed by atoms with Crippen LogP contribution in [0.5, 0.6) is 0 Å². The van der Waals surface area contributed by atoms with E-state index in [9.17, 15) is 4.39 Å². The van der Waals surface area contributed by atoms with Crippen molar-refractivity contribution < 1.29 is 9.13 Å². The monoisotopic (exact) mass is 187 g/mol. The molecule has 1 heterocycles. The van der Waals surface area contributed by atoms with Crippen LogP contribution in [0.1, 0.15) is 32.1 Å². The van der Waals surface area contributed by atoms with Crippen LogP contribution in [0.15, 0.2) is 0 Å². The van der Waals surface area contributed by atoms with Gasteiger partial charge in [-0.05, 0) is 12.8 Å². The van der Waals surface area contributed by atoms with Gasteiger partial charge in [0.2, 0.25) is 6.36 Å². The van der Waals surface area contributed by atoms with Crippen LogP contribution in [0.2, 0.25) is 0 Å². The van der Waals surface area contributed by atoms with Crippen molar-refractivity contribution in [3.05, 3.63) is 0 Å². The number of hydrogen-bond donors (Lipinski definition) is 0. The highest BCUT2D eigenvalue weighted by atomic mass is 19.1. The molecule has 0 N–H and O–H groups in total. The summed E-state index contributed by atoms with van der Waals surface area (Å²) in [4.78, 5) is 2.27. The Bertz CT molecular complexity index is 159. The van der Waals surface area contributed by atoms with E-state index >= 15 is 0 Å². The Hall–Kier alpha value is -0.150. The number of rotatable bonds is 1. The van der Waals surface area contributed by atoms with Crippen LogP contribution in [0.25, 0.3) is 0 Å².